The number of ether oxygens (including phenoxy) is 3. The van der Waals surface area contributed by atoms with Gasteiger partial charge in [0.1, 0.15) is 6.61 Å². The minimum Gasteiger partial charge on any atom is -0.477 e. The van der Waals surface area contributed by atoms with Gasteiger partial charge in [0.15, 0.2) is 12.1 Å². The predicted octanol–water partition coefficient (Wildman–Crippen LogP) is 8.18. The lowest BCUT2D eigenvalue weighted by atomic mass is 10.1. The van der Waals surface area contributed by atoms with Gasteiger partial charge in [-0.15, -0.1) is 0 Å². The van der Waals surface area contributed by atoms with Gasteiger partial charge in [-0.05, 0) is 51.4 Å². The average molecular weight is 625 g/mol. The summed E-state index contributed by atoms with van der Waals surface area (Å²) in [4.78, 5) is 36.5. The Kier molecular flexibility index (Phi) is 26.9. The van der Waals surface area contributed by atoms with E-state index in [4.69, 9.17) is 14.2 Å². The molecule has 44 heavy (non-hydrogen) atoms. The Bertz CT molecular complexity index is 788. The molecule has 8 nitrogen and oxygen atoms in total. The number of allylic oxidation sites excluding steroid dienone is 4. The van der Waals surface area contributed by atoms with E-state index in [1.807, 2.05) is 27.2 Å². The van der Waals surface area contributed by atoms with Crippen LogP contribution in [0.25, 0.3) is 0 Å². The lowest BCUT2D eigenvalue weighted by Gasteiger charge is -2.31. The van der Waals surface area contributed by atoms with E-state index in [-0.39, 0.29) is 42.7 Å². The van der Waals surface area contributed by atoms with Crippen LogP contribution in [0.15, 0.2) is 24.3 Å². The number of esters is 2. The molecule has 0 fully saturated rings. The number of carbonyl (C=O) groups is 3. The van der Waals surface area contributed by atoms with Crippen LogP contribution in [0.3, 0.4) is 0 Å². The Morgan fingerprint density at radius 1 is 0.659 bits per heavy atom. The number of carbonyl (C=O) groups excluding carboxylic acids is 2. The normalized spacial score (nSPS) is 13.4. The van der Waals surface area contributed by atoms with E-state index in [0.29, 0.717) is 19.3 Å². The summed E-state index contributed by atoms with van der Waals surface area (Å²) in [5, 5.41) is 9.54. The highest BCUT2D eigenvalue weighted by Crippen LogP contribution is 2.12. The van der Waals surface area contributed by atoms with Crippen molar-refractivity contribution in [2.75, 3.05) is 41.0 Å². The topological polar surface area (TPSA) is 99.1 Å². The van der Waals surface area contributed by atoms with Crippen molar-refractivity contribution < 1.29 is 38.2 Å². The first kappa shape index (κ1) is 41.8. The second kappa shape index (κ2) is 28.3. The van der Waals surface area contributed by atoms with Gasteiger partial charge in [-0.25, -0.2) is 4.79 Å². The molecular weight excluding hydrogens is 558 g/mol. The molecule has 1 N–H and O–H groups in total. The third-order valence-electron chi connectivity index (χ3n) is 7.59. The number of unbranched alkanes of at least 4 members (excludes halogenated alkanes) is 12. The number of rotatable bonds is 30. The summed E-state index contributed by atoms with van der Waals surface area (Å²) >= 11 is 0. The van der Waals surface area contributed by atoms with Crippen LogP contribution in [0.2, 0.25) is 0 Å². The van der Waals surface area contributed by atoms with Crippen molar-refractivity contribution in [1.82, 2.24) is 0 Å². The zero-order chi connectivity index (χ0) is 32.9. The van der Waals surface area contributed by atoms with Crippen LogP contribution >= 0.6 is 0 Å². The zero-order valence-corrected chi connectivity index (χ0v) is 28.9. The Morgan fingerprint density at radius 3 is 1.77 bits per heavy atom. The highest BCUT2D eigenvalue weighted by Gasteiger charge is 2.31. The van der Waals surface area contributed by atoms with Crippen LogP contribution in [0, 0.1) is 0 Å². The van der Waals surface area contributed by atoms with Crippen LogP contribution in [0.1, 0.15) is 136 Å². The first-order valence-electron chi connectivity index (χ1n) is 17.4. The minimum atomic E-state index is -0.884. The molecule has 0 saturated heterocycles. The first-order valence-corrected chi connectivity index (χ1v) is 17.4. The van der Waals surface area contributed by atoms with E-state index in [9.17, 15) is 19.5 Å². The maximum Gasteiger partial charge on any atom is 0.362 e. The van der Waals surface area contributed by atoms with Gasteiger partial charge in [-0.3, -0.25) is 9.59 Å². The van der Waals surface area contributed by atoms with Crippen LogP contribution in [-0.2, 0) is 28.6 Å². The summed E-state index contributed by atoms with van der Waals surface area (Å²) in [6.45, 7) is 4.58. The number of aliphatic carboxylic acids is 1. The number of hydrogen-bond donors (Lipinski definition) is 1. The molecule has 0 aromatic rings. The van der Waals surface area contributed by atoms with Gasteiger partial charge in [0.25, 0.3) is 0 Å². The van der Waals surface area contributed by atoms with Gasteiger partial charge >= 0.3 is 17.9 Å². The number of likely N-dealkylation sites (N-methyl/N-ethyl adjacent to an activating group) is 1. The van der Waals surface area contributed by atoms with Crippen molar-refractivity contribution in [3.05, 3.63) is 24.3 Å². The molecule has 0 rings (SSSR count). The summed E-state index contributed by atoms with van der Waals surface area (Å²) in [6, 6.07) is -0.616. The van der Waals surface area contributed by atoms with Crippen molar-refractivity contribution >= 4 is 17.9 Å². The zero-order valence-electron chi connectivity index (χ0n) is 28.9. The maximum absolute atomic E-state index is 12.6. The molecule has 0 bridgehead atoms. The molecule has 0 aliphatic rings. The standard InChI is InChI=1S/C36H65NO7/c1-6-8-10-12-14-15-16-17-18-19-21-23-25-27-35(39)44-32(30-42-29-28-33(36(40)41)37(3,4)5)31-43-34(38)26-24-22-20-13-11-9-7-2/h17-18,20,22,32-33H,6-16,19,21,23-31H2,1-5H3/p+1/b18-17+,22-20+. The Morgan fingerprint density at radius 2 is 1.18 bits per heavy atom. The van der Waals surface area contributed by atoms with Crippen LogP contribution < -0.4 is 0 Å². The third kappa shape index (κ3) is 26.2. The smallest absolute Gasteiger partial charge is 0.362 e. The van der Waals surface area contributed by atoms with E-state index in [0.717, 1.165) is 44.9 Å². The molecule has 2 unspecified atom stereocenters. The Balaban J connectivity index is 4.51. The fourth-order valence-electron chi connectivity index (χ4n) is 4.81. The summed E-state index contributed by atoms with van der Waals surface area (Å²) < 4.78 is 17.0. The number of quaternary nitrogens is 1. The second-order valence-corrected chi connectivity index (χ2v) is 12.8. The predicted molar refractivity (Wildman–Crippen MR) is 178 cm³/mol. The number of nitrogens with zero attached hydrogens (tertiary/aromatic N) is 1. The van der Waals surface area contributed by atoms with Gasteiger partial charge in [-0.1, -0.05) is 89.5 Å². The van der Waals surface area contributed by atoms with E-state index >= 15 is 0 Å². The van der Waals surface area contributed by atoms with E-state index in [1.54, 1.807) is 0 Å². The Hall–Kier alpha value is -2.19. The molecule has 0 aliphatic carbocycles. The lowest BCUT2D eigenvalue weighted by molar-refractivity contribution is -0.887. The van der Waals surface area contributed by atoms with Crippen molar-refractivity contribution in [1.29, 1.82) is 0 Å². The van der Waals surface area contributed by atoms with E-state index < -0.39 is 18.1 Å². The molecule has 0 aromatic carbocycles. The molecule has 0 heterocycles. The van der Waals surface area contributed by atoms with Crippen molar-refractivity contribution in [2.24, 2.45) is 0 Å². The van der Waals surface area contributed by atoms with Gasteiger partial charge in [0, 0.05) is 19.3 Å². The van der Waals surface area contributed by atoms with E-state index in [2.05, 4.69) is 32.1 Å². The SMILES string of the molecule is CCCCC/C=C/CCC(=O)OCC(COCCC(C(=O)O)[N+](C)(C)C)OC(=O)CCCCC/C=C/CCCCCCCC. The molecule has 0 aliphatic heterocycles. The Labute approximate surface area is 269 Å². The maximum atomic E-state index is 12.6. The lowest BCUT2D eigenvalue weighted by Crippen LogP contribution is -2.50. The van der Waals surface area contributed by atoms with Crippen molar-refractivity contribution in [3.8, 4) is 0 Å². The molecule has 0 aromatic heterocycles. The second-order valence-electron chi connectivity index (χ2n) is 12.8. The highest BCUT2D eigenvalue weighted by molar-refractivity contribution is 5.72. The average Bonchev–Trinajstić information content (AvgIpc) is 2.96. The molecule has 0 radical (unpaired) electrons. The van der Waals surface area contributed by atoms with Gasteiger partial charge in [-0.2, -0.15) is 0 Å². The quantitative estimate of drug-likeness (QED) is 0.0372. The monoisotopic (exact) mass is 624 g/mol. The molecule has 256 valence electrons. The van der Waals surface area contributed by atoms with Gasteiger partial charge in [0.05, 0.1) is 34.4 Å². The number of carboxylic acids is 1. The molecular formula is C36H66NO7+. The minimum absolute atomic E-state index is 0.0449. The van der Waals surface area contributed by atoms with Crippen LogP contribution in [-0.4, -0.2) is 80.6 Å². The fraction of sp³-hybridized carbons (Fsp3) is 0.806. The van der Waals surface area contributed by atoms with Crippen LogP contribution in [0.5, 0.6) is 0 Å². The summed E-state index contributed by atoms with van der Waals surface area (Å²) in [7, 11) is 5.49. The first-order chi connectivity index (χ1) is 21.1. The number of carboxylic acid groups (broad SMARTS) is 1. The van der Waals surface area contributed by atoms with Gasteiger partial charge in [0.2, 0.25) is 0 Å². The number of hydrogen-bond acceptors (Lipinski definition) is 6. The summed E-state index contributed by atoms with van der Waals surface area (Å²) in [5.74, 6) is -1.56. The summed E-state index contributed by atoms with van der Waals surface area (Å²) in [6.07, 6.45) is 26.8. The van der Waals surface area contributed by atoms with Crippen molar-refractivity contribution in [2.45, 2.75) is 148 Å². The molecule has 0 amide bonds. The third-order valence-corrected chi connectivity index (χ3v) is 7.59. The molecule has 0 saturated carbocycles. The fourth-order valence-corrected chi connectivity index (χ4v) is 4.81. The van der Waals surface area contributed by atoms with Gasteiger partial charge < -0.3 is 23.8 Å². The highest BCUT2D eigenvalue weighted by atomic mass is 16.6. The van der Waals surface area contributed by atoms with Crippen molar-refractivity contribution in [3.63, 3.8) is 0 Å². The van der Waals surface area contributed by atoms with Crippen LogP contribution in [0.4, 0.5) is 0 Å². The van der Waals surface area contributed by atoms with E-state index in [1.165, 1.54) is 51.4 Å². The molecule has 2 atom stereocenters. The molecule has 8 heteroatoms. The largest absolute Gasteiger partial charge is 0.477 e. The summed E-state index contributed by atoms with van der Waals surface area (Å²) in [5.41, 5.74) is 0. The molecule has 0 spiro atoms.